The van der Waals surface area contributed by atoms with Gasteiger partial charge in [0, 0.05) is 13.1 Å². The number of para-hydroxylation sites is 1. The maximum Gasteiger partial charge on any atom is 0.245 e. The molecule has 1 saturated heterocycles. The van der Waals surface area contributed by atoms with Crippen molar-refractivity contribution in [2.24, 2.45) is 10.7 Å². The Morgan fingerprint density at radius 2 is 1.90 bits per heavy atom. The van der Waals surface area contributed by atoms with Crippen LogP contribution in [-0.2, 0) is 10.0 Å². The number of alkyl halides is 1. The summed E-state index contributed by atoms with van der Waals surface area (Å²) in [6, 6.07) is 6.61. The number of aliphatic imine (C=N–C) groups is 1. The number of piperidine rings is 1. The van der Waals surface area contributed by atoms with Crippen LogP contribution in [-0.4, -0.2) is 37.5 Å². The summed E-state index contributed by atoms with van der Waals surface area (Å²) in [6.07, 6.45) is 2.87. The molecule has 5 nitrogen and oxygen atoms in total. The van der Waals surface area contributed by atoms with Crippen molar-refractivity contribution in [1.82, 2.24) is 4.31 Å². The molecule has 2 N–H and O–H groups in total. The van der Waals surface area contributed by atoms with E-state index in [9.17, 15) is 8.42 Å². The number of amidine groups is 1. The Morgan fingerprint density at radius 1 is 1.25 bits per heavy atom. The van der Waals surface area contributed by atoms with Gasteiger partial charge in [-0.3, -0.25) is 0 Å². The lowest BCUT2D eigenvalue weighted by Crippen LogP contribution is -2.35. The normalized spacial score (nSPS) is 18.1. The SMILES string of the molecule is NC(CCl)=Nc1ccccc1S(=O)(=O)N1CCCCC1. The van der Waals surface area contributed by atoms with Crippen molar-refractivity contribution in [3.05, 3.63) is 24.3 Å². The third-order valence-corrected chi connectivity index (χ3v) is 5.42. The van der Waals surface area contributed by atoms with Crippen molar-refractivity contribution in [1.29, 1.82) is 0 Å². The molecule has 0 atom stereocenters. The van der Waals surface area contributed by atoms with Gasteiger partial charge in [-0.1, -0.05) is 18.6 Å². The Kier molecular flexibility index (Phi) is 5.01. The zero-order valence-electron chi connectivity index (χ0n) is 11.1. The Hall–Kier alpha value is -1.11. The number of hydrogen-bond donors (Lipinski definition) is 1. The number of halogens is 1. The molecular weight excluding hydrogens is 298 g/mol. The molecule has 0 aliphatic carbocycles. The second-order valence-corrected chi connectivity index (χ2v) is 6.84. The average Bonchev–Trinajstić information content (AvgIpc) is 2.48. The summed E-state index contributed by atoms with van der Waals surface area (Å²) in [5, 5.41) is 0. The maximum atomic E-state index is 12.7. The summed E-state index contributed by atoms with van der Waals surface area (Å²) >= 11 is 5.60. The molecule has 0 saturated carbocycles. The van der Waals surface area contributed by atoms with Gasteiger partial charge in [-0.15, -0.1) is 11.6 Å². The van der Waals surface area contributed by atoms with Gasteiger partial charge in [0.25, 0.3) is 0 Å². The predicted molar refractivity (Wildman–Crippen MR) is 81.1 cm³/mol. The van der Waals surface area contributed by atoms with Gasteiger partial charge in [0.15, 0.2) is 0 Å². The lowest BCUT2D eigenvalue weighted by molar-refractivity contribution is 0.347. The highest BCUT2D eigenvalue weighted by molar-refractivity contribution is 7.89. The van der Waals surface area contributed by atoms with Crippen LogP contribution in [0.4, 0.5) is 5.69 Å². The van der Waals surface area contributed by atoms with Crippen molar-refractivity contribution in [2.75, 3.05) is 19.0 Å². The van der Waals surface area contributed by atoms with E-state index in [-0.39, 0.29) is 16.6 Å². The van der Waals surface area contributed by atoms with Gasteiger partial charge in [-0.05, 0) is 25.0 Å². The van der Waals surface area contributed by atoms with Crippen LogP contribution in [0.5, 0.6) is 0 Å². The molecule has 0 spiro atoms. The maximum absolute atomic E-state index is 12.7. The van der Waals surface area contributed by atoms with Crippen molar-refractivity contribution >= 4 is 33.1 Å². The topological polar surface area (TPSA) is 75.8 Å². The van der Waals surface area contributed by atoms with Crippen molar-refractivity contribution in [3.63, 3.8) is 0 Å². The third kappa shape index (κ3) is 3.31. The lowest BCUT2D eigenvalue weighted by atomic mass is 10.2. The lowest BCUT2D eigenvalue weighted by Gasteiger charge is -2.26. The molecule has 0 radical (unpaired) electrons. The molecule has 1 aromatic rings. The van der Waals surface area contributed by atoms with Gasteiger partial charge >= 0.3 is 0 Å². The van der Waals surface area contributed by atoms with E-state index in [2.05, 4.69) is 4.99 Å². The number of sulfonamides is 1. The minimum atomic E-state index is -3.52. The van der Waals surface area contributed by atoms with E-state index >= 15 is 0 Å². The summed E-state index contributed by atoms with van der Waals surface area (Å²) in [4.78, 5) is 4.29. The molecule has 0 aromatic heterocycles. The smallest absolute Gasteiger partial charge is 0.245 e. The molecule has 0 unspecified atom stereocenters. The van der Waals surface area contributed by atoms with E-state index in [0.717, 1.165) is 19.3 Å². The summed E-state index contributed by atoms with van der Waals surface area (Å²) in [5.41, 5.74) is 5.95. The van der Waals surface area contributed by atoms with Crippen LogP contribution in [0.25, 0.3) is 0 Å². The number of rotatable bonds is 4. The fourth-order valence-corrected chi connectivity index (χ4v) is 3.90. The highest BCUT2D eigenvalue weighted by atomic mass is 35.5. The molecule has 1 aromatic carbocycles. The first-order valence-electron chi connectivity index (χ1n) is 6.54. The van der Waals surface area contributed by atoms with E-state index in [1.165, 1.54) is 4.31 Å². The van der Waals surface area contributed by atoms with Crippen molar-refractivity contribution in [2.45, 2.75) is 24.2 Å². The monoisotopic (exact) mass is 315 g/mol. The van der Waals surface area contributed by atoms with Gasteiger partial charge < -0.3 is 5.73 Å². The second-order valence-electron chi connectivity index (χ2n) is 4.67. The Morgan fingerprint density at radius 3 is 2.55 bits per heavy atom. The number of nitrogens with zero attached hydrogens (tertiary/aromatic N) is 2. The first-order chi connectivity index (χ1) is 9.55. The minimum absolute atomic E-state index is 0.0676. The summed E-state index contributed by atoms with van der Waals surface area (Å²) in [7, 11) is -3.52. The average molecular weight is 316 g/mol. The second kappa shape index (κ2) is 6.56. The van der Waals surface area contributed by atoms with Crippen LogP contribution in [0, 0.1) is 0 Å². The minimum Gasteiger partial charge on any atom is -0.386 e. The summed E-state index contributed by atoms with van der Waals surface area (Å²) in [6.45, 7) is 1.12. The van der Waals surface area contributed by atoms with Crippen LogP contribution in [0.3, 0.4) is 0 Å². The molecule has 1 aliphatic rings. The first-order valence-corrected chi connectivity index (χ1v) is 8.51. The molecule has 0 bridgehead atoms. The van der Waals surface area contributed by atoms with E-state index in [1.807, 2.05) is 0 Å². The number of hydrogen-bond acceptors (Lipinski definition) is 3. The van der Waals surface area contributed by atoms with Gasteiger partial charge in [-0.2, -0.15) is 4.31 Å². The van der Waals surface area contributed by atoms with E-state index < -0.39 is 10.0 Å². The van der Waals surface area contributed by atoms with Gasteiger partial charge in [-0.25, -0.2) is 13.4 Å². The van der Waals surface area contributed by atoms with Gasteiger partial charge in [0.2, 0.25) is 10.0 Å². The van der Waals surface area contributed by atoms with Crippen LogP contribution in [0.1, 0.15) is 19.3 Å². The molecule has 1 fully saturated rings. The summed E-state index contributed by atoms with van der Waals surface area (Å²) in [5.74, 6) is 0.269. The van der Waals surface area contributed by atoms with Crippen LogP contribution < -0.4 is 5.73 Å². The van der Waals surface area contributed by atoms with E-state index in [1.54, 1.807) is 24.3 Å². The first kappa shape index (κ1) is 15.3. The Balaban J connectivity index is 2.41. The zero-order valence-corrected chi connectivity index (χ0v) is 12.7. The van der Waals surface area contributed by atoms with Crippen LogP contribution >= 0.6 is 11.6 Å². The fourth-order valence-electron chi connectivity index (χ4n) is 2.20. The highest BCUT2D eigenvalue weighted by Gasteiger charge is 2.27. The molecule has 20 heavy (non-hydrogen) atoms. The van der Waals surface area contributed by atoms with Crippen LogP contribution in [0.15, 0.2) is 34.2 Å². The molecule has 1 aliphatic heterocycles. The quantitative estimate of drug-likeness (QED) is 0.525. The van der Waals surface area contributed by atoms with Crippen LogP contribution in [0.2, 0.25) is 0 Å². The Bertz CT molecular complexity index is 595. The number of benzene rings is 1. The molecule has 0 amide bonds. The highest BCUT2D eigenvalue weighted by Crippen LogP contribution is 2.28. The third-order valence-electron chi connectivity index (χ3n) is 3.20. The van der Waals surface area contributed by atoms with Crippen molar-refractivity contribution < 1.29 is 8.42 Å². The van der Waals surface area contributed by atoms with E-state index in [0.29, 0.717) is 18.8 Å². The predicted octanol–water partition coefficient (Wildman–Crippen LogP) is 2.09. The molecular formula is C13H18ClN3O2S. The molecule has 7 heteroatoms. The summed E-state index contributed by atoms with van der Waals surface area (Å²) < 4.78 is 26.8. The molecule has 1 heterocycles. The number of nitrogens with two attached hydrogens (primary N) is 1. The Labute approximate surface area is 124 Å². The molecule has 2 rings (SSSR count). The fraction of sp³-hybridized carbons (Fsp3) is 0.462. The standard InChI is InChI=1S/C13H18ClN3O2S/c14-10-13(15)16-11-6-2-3-7-12(11)20(18,19)17-8-4-1-5-9-17/h2-3,6-7H,1,4-5,8-10H2,(H2,15,16). The van der Waals surface area contributed by atoms with E-state index in [4.69, 9.17) is 17.3 Å². The van der Waals surface area contributed by atoms with Gasteiger partial charge in [0.05, 0.1) is 11.6 Å². The zero-order chi connectivity index (χ0) is 14.6. The van der Waals surface area contributed by atoms with Crippen molar-refractivity contribution in [3.8, 4) is 0 Å². The van der Waals surface area contributed by atoms with Gasteiger partial charge in [0.1, 0.15) is 10.7 Å². The molecule has 110 valence electrons. The largest absolute Gasteiger partial charge is 0.386 e.